The minimum absolute atomic E-state index is 0.0111. The molecule has 2 fully saturated rings. The molecule has 0 aliphatic carbocycles. The highest BCUT2D eigenvalue weighted by atomic mass is 16.2. The highest BCUT2D eigenvalue weighted by Gasteiger charge is 2.42. The standard InChI is InChI=1S/C16H18N4O/c21-15(20-8-6-16(11-20)5-7-17-10-16)14-9-18-12-3-1-2-4-13(12)19-14/h1-4,9,17H,5-8,10-11H2. The van der Waals surface area contributed by atoms with E-state index in [1.165, 1.54) is 6.42 Å². The molecule has 0 radical (unpaired) electrons. The van der Waals surface area contributed by atoms with Gasteiger partial charge in [0.1, 0.15) is 5.69 Å². The Kier molecular flexibility index (Phi) is 2.89. The third-order valence-corrected chi connectivity index (χ3v) is 4.73. The van der Waals surface area contributed by atoms with Crippen LogP contribution in [0.2, 0.25) is 0 Å². The molecule has 1 unspecified atom stereocenters. The molecule has 1 atom stereocenters. The van der Waals surface area contributed by atoms with Gasteiger partial charge < -0.3 is 10.2 Å². The molecule has 1 N–H and O–H groups in total. The van der Waals surface area contributed by atoms with Crippen LogP contribution in [-0.4, -0.2) is 47.0 Å². The topological polar surface area (TPSA) is 58.1 Å². The molecule has 3 heterocycles. The lowest BCUT2D eigenvalue weighted by Crippen LogP contribution is -2.33. The molecule has 5 nitrogen and oxygen atoms in total. The van der Waals surface area contributed by atoms with Gasteiger partial charge in [0.05, 0.1) is 17.2 Å². The Morgan fingerprint density at radius 2 is 2.10 bits per heavy atom. The van der Waals surface area contributed by atoms with Gasteiger partial charge in [0, 0.05) is 25.0 Å². The average Bonchev–Trinajstić information content (AvgIpc) is 3.17. The van der Waals surface area contributed by atoms with E-state index in [1.807, 2.05) is 29.2 Å². The van der Waals surface area contributed by atoms with E-state index >= 15 is 0 Å². The van der Waals surface area contributed by atoms with Crippen LogP contribution in [0.1, 0.15) is 23.3 Å². The van der Waals surface area contributed by atoms with Gasteiger partial charge in [0.25, 0.3) is 5.91 Å². The number of aromatic nitrogens is 2. The van der Waals surface area contributed by atoms with Crippen molar-refractivity contribution in [3.05, 3.63) is 36.2 Å². The lowest BCUT2D eigenvalue weighted by atomic mass is 9.87. The molecule has 1 aromatic carbocycles. The maximum absolute atomic E-state index is 12.6. The zero-order chi connectivity index (χ0) is 14.3. The summed E-state index contributed by atoms with van der Waals surface area (Å²) in [4.78, 5) is 23.4. The first-order valence-corrected chi connectivity index (χ1v) is 7.48. The van der Waals surface area contributed by atoms with Crippen LogP contribution < -0.4 is 5.32 Å². The molecule has 21 heavy (non-hydrogen) atoms. The summed E-state index contributed by atoms with van der Waals surface area (Å²) in [5, 5.41) is 3.41. The summed E-state index contributed by atoms with van der Waals surface area (Å²) in [5.41, 5.74) is 2.35. The van der Waals surface area contributed by atoms with Crippen molar-refractivity contribution in [2.24, 2.45) is 5.41 Å². The highest BCUT2D eigenvalue weighted by molar-refractivity contribution is 5.94. The third-order valence-electron chi connectivity index (χ3n) is 4.73. The normalized spacial score (nSPS) is 25.0. The molecule has 108 valence electrons. The van der Waals surface area contributed by atoms with E-state index in [-0.39, 0.29) is 5.91 Å². The fraction of sp³-hybridized carbons (Fsp3) is 0.438. The Labute approximate surface area is 123 Å². The Bertz CT molecular complexity index is 693. The minimum atomic E-state index is 0.0111. The van der Waals surface area contributed by atoms with Crippen LogP contribution in [0.15, 0.2) is 30.5 Å². The average molecular weight is 282 g/mol. The van der Waals surface area contributed by atoms with Crippen molar-refractivity contribution in [2.75, 3.05) is 26.2 Å². The van der Waals surface area contributed by atoms with Gasteiger partial charge in [-0.3, -0.25) is 9.78 Å². The van der Waals surface area contributed by atoms with Crippen LogP contribution in [-0.2, 0) is 0 Å². The van der Waals surface area contributed by atoms with Gasteiger partial charge in [-0.2, -0.15) is 0 Å². The quantitative estimate of drug-likeness (QED) is 0.860. The van der Waals surface area contributed by atoms with E-state index in [2.05, 4.69) is 15.3 Å². The number of fused-ring (bicyclic) bond motifs is 1. The molecule has 2 saturated heterocycles. The number of carbonyl (C=O) groups excluding carboxylic acids is 1. The summed E-state index contributed by atoms with van der Waals surface area (Å²) in [6, 6.07) is 7.65. The molecule has 1 spiro atoms. The van der Waals surface area contributed by atoms with Crippen molar-refractivity contribution in [1.29, 1.82) is 0 Å². The van der Waals surface area contributed by atoms with Gasteiger partial charge in [-0.15, -0.1) is 0 Å². The van der Waals surface area contributed by atoms with E-state index in [0.29, 0.717) is 11.1 Å². The SMILES string of the molecule is O=C(c1cnc2ccccc2n1)N1CCC2(CCNC2)C1. The summed E-state index contributed by atoms with van der Waals surface area (Å²) in [5.74, 6) is 0.0111. The summed E-state index contributed by atoms with van der Waals surface area (Å²) in [6.45, 7) is 3.76. The molecular formula is C16H18N4O. The summed E-state index contributed by atoms with van der Waals surface area (Å²) < 4.78 is 0. The number of nitrogens with one attached hydrogen (secondary N) is 1. The van der Waals surface area contributed by atoms with Gasteiger partial charge in [-0.25, -0.2) is 4.98 Å². The number of likely N-dealkylation sites (tertiary alicyclic amines) is 1. The smallest absolute Gasteiger partial charge is 0.274 e. The van der Waals surface area contributed by atoms with Crippen LogP contribution in [0, 0.1) is 5.41 Å². The molecule has 5 heteroatoms. The molecule has 2 aliphatic rings. The van der Waals surface area contributed by atoms with E-state index in [4.69, 9.17) is 0 Å². The van der Waals surface area contributed by atoms with Crippen molar-refractivity contribution < 1.29 is 4.79 Å². The first-order chi connectivity index (χ1) is 10.3. The van der Waals surface area contributed by atoms with Crippen molar-refractivity contribution >= 4 is 16.9 Å². The van der Waals surface area contributed by atoms with E-state index in [0.717, 1.165) is 43.6 Å². The summed E-state index contributed by atoms with van der Waals surface area (Å²) in [7, 11) is 0. The zero-order valence-electron chi connectivity index (χ0n) is 11.9. The van der Waals surface area contributed by atoms with Gasteiger partial charge >= 0.3 is 0 Å². The van der Waals surface area contributed by atoms with Gasteiger partial charge in [-0.1, -0.05) is 12.1 Å². The lowest BCUT2D eigenvalue weighted by Gasteiger charge is -2.22. The molecule has 4 rings (SSSR count). The summed E-state index contributed by atoms with van der Waals surface area (Å²) in [6.07, 6.45) is 3.86. The van der Waals surface area contributed by atoms with Crippen LogP contribution in [0.5, 0.6) is 0 Å². The lowest BCUT2D eigenvalue weighted by molar-refractivity contribution is 0.0770. The fourth-order valence-corrected chi connectivity index (χ4v) is 3.47. The fourth-order valence-electron chi connectivity index (χ4n) is 3.47. The number of hydrogen-bond donors (Lipinski definition) is 1. The Morgan fingerprint density at radius 3 is 2.90 bits per heavy atom. The van der Waals surface area contributed by atoms with E-state index < -0.39 is 0 Å². The predicted molar refractivity (Wildman–Crippen MR) is 80.0 cm³/mol. The van der Waals surface area contributed by atoms with Crippen LogP contribution in [0.25, 0.3) is 11.0 Å². The van der Waals surface area contributed by atoms with Gasteiger partial charge in [-0.05, 0) is 31.5 Å². The van der Waals surface area contributed by atoms with Crippen LogP contribution in [0.3, 0.4) is 0 Å². The molecule has 0 bridgehead atoms. The monoisotopic (exact) mass is 282 g/mol. The highest BCUT2D eigenvalue weighted by Crippen LogP contribution is 2.36. The van der Waals surface area contributed by atoms with Crippen LogP contribution in [0.4, 0.5) is 0 Å². The number of nitrogens with zero attached hydrogens (tertiary/aromatic N) is 3. The zero-order valence-corrected chi connectivity index (χ0v) is 11.9. The second-order valence-corrected chi connectivity index (χ2v) is 6.15. The predicted octanol–water partition coefficient (Wildman–Crippen LogP) is 1.46. The number of para-hydroxylation sites is 2. The number of carbonyl (C=O) groups is 1. The van der Waals surface area contributed by atoms with Crippen LogP contribution >= 0.6 is 0 Å². The number of rotatable bonds is 1. The molecule has 2 aromatic rings. The van der Waals surface area contributed by atoms with Gasteiger partial charge in [0.15, 0.2) is 0 Å². The first kappa shape index (κ1) is 12.7. The molecule has 2 aliphatic heterocycles. The number of benzene rings is 1. The molecular weight excluding hydrogens is 264 g/mol. The Hall–Kier alpha value is -2.01. The van der Waals surface area contributed by atoms with Gasteiger partial charge in [0.2, 0.25) is 0 Å². The second kappa shape index (κ2) is 4.77. The van der Waals surface area contributed by atoms with Crippen molar-refractivity contribution in [1.82, 2.24) is 20.2 Å². The first-order valence-electron chi connectivity index (χ1n) is 7.48. The van der Waals surface area contributed by atoms with Crippen molar-refractivity contribution in [3.8, 4) is 0 Å². The number of amides is 1. The van der Waals surface area contributed by atoms with E-state index in [1.54, 1.807) is 6.20 Å². The Morgan fingerprint density at radius 1 is 1.24 bits per heavy atom. The molecule has 1 aromatic heterocycles. The maximum atomic E-state index is 12.6. The largest absolute Gasteiger partial charge is 0.337 e. The van der Waals surface area contributed by atoms with Crippen molar-refractivity contribution in [3.63, 3.8) is 0 Å². The third kappa shape index (κ3) is 2.17. The molecule has 0 saturated carbocycles. The second-order valence-electron chi connectivity index (χ2n) is 6.15. The Balaban J connectivity index is 1.59. The number of hydrogen-bond acceptors (Lipinski definition) is 4. The molecule has 1 amide bonds. The van der Waals surface area contributed by atoms with E-state index in [9.17, 15) is 4.79 Å². The minimum Gasteiger partial charge on any atom is -0.337 e. The summed E-state index contributed by atoms with van der Waals surface area (Å²) >= 11 is 0. The van der Waals surface area contributed by atoms with Crippen molar-refractivity contribution in [2.45, 2.75) is 12.8 Å². The maximum Gasteiger partial charge on any atom is 0.274 e.